The van der Waals surface area contributed by atoms with Crippen molar-refractivity contribution in [2.45, 2.75) is 27.0 Å². The summed E-state index contributed by atoms with van der Waals surface area (Å²) in [5, 5.41) is 5.74. The van der Waals surface area contributed by atoms with Gasteiger partial charge in [-0.15, -0.1) is 0 Å². The molecule has 0 fully saturated rings. The molecule has 1 heterocycles. The molecular formula is C21H22N6O3. The van der Waals surface area contributed by atoms with Crippen molar-refractivity contribution in [2.24, 2.45) is 0 Å². The van der Waals surface area contributed by atoms with Crippen LogP contribution in [0.25, 0.3) is 0 Å². The van der Waals surface area contributed by atoms with Gasteiger partial charge in [0.2, 0.25) is 17.8 Å². The standard InChI is InChI=1S/C21H22N6O3/c1-13-3-9-17(10-4-13)24-21-26-18(25-20(22)27-21)12-30-19(29)16-7-5-15(6-8-16)11-23-14(2)28/h3-10H,11-12H2,1-2H3,(H,23,28)(H3,22,24,25,26,27). The molecule has 0 saturated heterocycles. The molecule has 9 nitrogen and oxygen atoms in total. The molecule has 30 heavy (non-hydrogen) atoms. The zero-order valence-electron chi connectivity index (χ0n) is 16.7. The molecule has 0 aliphatic rings. The minimum absolute atomic E-state index is 0.0213. The minimum Gasteiger partial charge on any atom is -0.454 e. The third-order valence-corrected chi connectivity index (χ3v) is 4.07. The Hall–Kier alpha value is -4.01. The Morgan fingerprint density at radius 1 is 1.00 bits per heavy atom. The van der Waals surface area contributed by atoms with E-state index in [1.807, 2.05) is 31.2 Å². The van der Waals surface area contributed by atoms with Gasteiger partial charge in [0.1, 0.15) is 0 Å². The number of hydrogen-bond acceptors (Lipinski definition) is 8. The van der Waals surface area contributed by atoms with Gasteiger partial charge in [0.25, 0.3) is 0 Å². The molecule has 0 spiro atoms. The SMILES string of the molecule is CC(=O)NCc1ccc(C(=O)OCc2nc(N)nc(Nc3ccc(C)cc3)n2)cc1. The number of hydrogen-bond donors (Lipinski definition) is 3. The lowest BCUT2D eigenvalue weighted by molar-refractivity contribution is -0.119. The first-order chi connectivity index (χ1) is 14.4. The maximum absolute atomic E-state index is 12.3. The number of amides is 1. The van der Waals surface area contributed by atoms with Crippen molar-refractivity contribution in [1.82, 2.24) is 20.3 Å². The van der Waals surface area contributed by atoms with Crippen LogP contribution in [-0.4, -0.2) is 26.8 Å². The molecule has 0 aliphatic carbocycles. The molecule has 0 atom stereocenters. The van der Waals surface area contributed by atoms with E-state index in [0.717, 1.165) is 16.8 Å². The number of nitrogen functional groups attached to an aromatic ring is 1. The Morgan fingerprint density at radius 2 is 1.70 bits per heavy atom. The van der Waals surface area contributed by atoms with E-state index in [4.69, 9.17) is 10.5 Å². The van der Waals surface area contributed by atoms with E-state index >= 15 is 0 Å². The number of rotatable bonds is 7. The molecule has 4 N–H and O–H groups in total. The molecular weight excluding hydrogens is 384 g/mol. The second-order valence-electron chi connectivity index (χ2n) is 6.61. The van der Waals surface area contributed by atoms with E-state index < -0.39 is 5.97 Å². The molecule has 0 unspecified atom stereocenters. The van der Waals surface area contributed by atoms with Crippen LogP contribution >= 0.6 is 0 Å². The first-order valence-electron chi connectivity index (χ1n) is 9.23. The smallest absolute Gasteiger partial charge is 0.338 e. The van der Waals surface area contributed by atoms with Crippen molar-refractivity contribution in [2.75, 3.05) is 11.1 Å². The second-order valence-corrected chi connectivity index (χ2v) is 6.61. The van der Waals surface area contributed by atoms with E-state index in [0.29, 0.717) is 12.1 Å². The summed E-state index contributed by atoms with van der Waals surface area (Å²) in [4.78, 5) is 35.5. The molecule has 1 aromatic heterocycles. The number of anilines is 3. The monoisotopic (exact) mass is 406 g/mol. The number of carbonyl (C=O) groups excluding carboxylic acids is 2. The fraction of sp³-hybridized carbons (Fsp3) is 0.190. The number of aromatic nitrogens is 3. The average Bonchev–Trinajstić information content (AvgIpc) is 2.72. The lowest BCUT2D eigenvalue weighted by Gasteiger charge is -2.09. The number of nitrogens with one attached hydrogen (secondary N) is 2. The highest BCUT2D eigenvalue weighted by atomic mass is 16.5. The Balaban J connectivity index is 1.60. The van der Waals surface area contributed by atoms with E-state index in [1.54, 1.807) is 24.3 Å². The summed E-state index contributed by atoms with van der Waals surface area (Å²) in [5.41, 5.74) is 8.93. The fourth-order valence-corrected chi connectivity index (χ4v) is 2.52. The van der Waals surface area contributed by atoms with E-state index in [1.165, 1.54) is 6.92 Å². The second kappa shape index (κ2) is 9.46. The van der Waals surface area contributed by atoms with Crippen LogP contribution in [0.4, 0.5) is 17.6 Å². The highest BCUT2D eigenvalue weighted by Gasteiger charge is 2.11. The first-order valence-corrected chi connectivity index (χ1v) is 9.23. The maximum Gasteiger partial charge on any atom is 0.338 e. The van der Waals surface area contributed by atoms with Crippen molar-refractivity contribution < 1.29 is 14.3 Å². The predicted molar refractivity (Wildman–Crippen MR) is 112 cm³/mol. The number of nitrogens with two attached hydrogens (primary N) is 1. The Kier molecular flexibility index (Phi) is 6.53. The quantitative estimate of drug-likeness (QED) is 0.510. The summed E-state index contributed by atoms with van der Waals surface area (Å²) >= 11 is 0. The van der Waals surface area contributed by atoms with Gasteiger partial charge >= 0.3 is 5.97 Å². The van der Waals surface area contributed by atoms with Gasteiger partial charge in [0, 0.05) is 19.2 Å². The van der Waals surface area contributed by atoms with Gasteiger partial charge in [0.15, 0.2) is 12.4 Å². The van der Waals surface area contributed by atoms with Crippen molar-refractivity contribution in [3.05, 3.63) is 71.0 Å². The van der Waals surface area contributed by atoms with Gasteiger partial charge < -0.3 is 21.1 Å². The molecule has 0 saturated carbocycles. The summed E-state index contributed by atoms with van der Waals surface area (Å²) in [6, 6.07) is 14.5. The van der Waals surface area contributed by atoms with E-state index in [-0.39, 0.29) is 30.2 Å². The summed E-state index contributed by atoms with van der Waals surface area (Å²) in [5.74, 6) is -0.125. The highest BCUT2D eigenvalue weighted by Crippen LogP contribution is 2.15. The van der Waals surface area contributed by atoms with Crippen LogP contribution in [0.1, 0.15) is 34.2 Å². The number of nitrogens with zero attached hydrogens (tertiary/aromatic N) is 3. The first kappa shape index (κ1) is 20.7. The van der Waals surface area contributed by atoms with Crippen LogP contribution in [0.5, 0.6) is 0 Å². The third-order valence-electron chi connectivity index (χ3n) is 4.07. The summed E-state index contributed by atoms with van der Waals surface area (Å²) < 4.78 is 5.28. The largest absolute Gasteiger partial charge is 0.454 e. The van der Waals surface area contributed by atoms with Crippen LogP contribution in [0.3, 0.4) is 0 Å². The van der Waals surface area contributed by atoms with Crippen molar-refractivity contribution in [3.8, 4) is 0 Å². The molecule has 2 aromatic carbocycles. The Bertz CT molecular complexity index is 1040. The molecule has 1 amide bonds. The molecule has 154 valence electrons. The molecule has 3 rings (SSSR count). The summed E-state index contributed by atoms with van der Waals surface area (Å²) in [6.45, 7) is 3.68. The number of benzene rings is 2. The van der Waals surface area contributed by atoms with Gasteiger partial charge in [-0.2, -0.15) is 15.0 Å². The molecule has 9 heteroatoms. The van der Waals surface area contributed by atoms with E-state index in [9.17, 15) is 9.59 Å². The van der Waals surface area contributed by atoms with Crippen LogP contribution in [0.15, 0.2) is 48.5 Å². The number of carbonyl (C=O) groups is 2. The normalized spacial score (nSPS) is 10.3. The number of aryl methyl sites for hydroxylation is 1. The summed E-state index contributed by atoms with van der Waals surface area (Å²) in [6.07, 6.45) is 0. The molecule has 0 bridgehead atoms. The minimum atomic E-state index is -0.520. The van der Waals surface area contributed by atoms with Crippen LogP contribution in [0.2, 0.25) is 0 Å². The van der Waals surface area contributed by atoms with Crippen LogP contribution in [0, 0.1) is 6.92 Å². The Morgan fingerprint density at radius 3 is 2.37 bits per heavy atom. The zero-order chi connectivity index (χ0) is 21.5. The lowest BCUT2D eigenvalue weighted by atomic mass is 10.1. The van der Waals surface area contributed by atoms with Gasteiger partial charge in [-0.05, 0) is 36.8 Å². The number of ether oxygens (including phenoxy) is 1. The van der Waals surface area contributed by atoms with Crippen molar-refractivity contribution in [1.29, 1.82) is 0 Å². The molecule has 0 aliphatic heterocycles. The zero-order valence-corrected chi connectivity index (χ0v) is 16.7. The molecule has 3 aromatic rings. The van der Waals surface area contributed by atoms with Crippen LogP contribution < -0.4 is 16.4 Å². The van der Waals surface area contributed by atoms with Gasteiger partial charge in [-0.3, -0.25) is 4.79 Å². The van der Waals surface area contributed by atoms with Gasteiger partial charge in [0.05, 0.1) is 5.56 Å². The summed E-state index contributed by atoms with van der Waals surface area (Å²) in [7, 11) is 0. The van der Waals surface area contributed by atoms with Crippen molar-refractivity contribution in [3.63, 3.8) is 0 Å². The third kappa shape index (κ3) is 5.99. The topological polar surface area (TPSA) is 132 Å². The molecule has 0 radical (unpaired) electrons. The Labute approximate surface area is 173 Å². The van der Waals surface area contributed by atoms with Crippen molar-refractivity contribution >= 4 is 29.5 Å². The van der Waals surface area contributed by atoms with E-state index in [2.05, 4.69) is 25.6 Å². The van der Waals surface area contributed by atoms with Gasteiger partial charge in [-0.1, -0.05) is 29.8 Å². The van der Waals surface area contributed by atoms with Crippen LogP contribution in [-0.2, 0) is 22.7 Å². The highest BCUT2D eigenvalue weighted by molar-refractivity contribution is 5.89. The average molecular weight is 406 g/mol. The van der Waals surface area contributed by atoms with Gasteiger partial charge in [-0.25, -0.2) is 4.79 Å². The predicted octanol–water partition coefficient (Wildman–Crippen LogP) is 2.50. The fourth-order valence-electron chi connectivity index (χ4n) is 2.52. The maximum atomic E-state index is 12.3. The number of esters is 1. The lowest BCUT2D eigenvalue weighted by Crippen LogP contribution is -2.18.